The number of nitrogens with zero attached hydrogens (tertiary/aromatic N) is 4. The molecule has 4 rings (SSSR count). The average molecular weight is 451 g/mol. The summed E-state index contributed by atoms with van der Waals surface area (Å²) >= 11 is 0. The number of Topliss-reactive ketones (excluding diaryl/α,β-unsaturated/α-hetero) is 1. The number of ether oxygens (including phenoxy) is 1. The van der Waals surface area contributed by atoms with Crippen LogP contribution in [-0.4, -0.2) is 90.0 Å². The highest BCUT2D eigenvalue weighted by Gasteiger charge is 2.24. The second-order valence-electron chi connectivity index (χ2n) is 7.76. The second-order valence-corrected chi connectivity index (χ2v) is 7.76. The van der Waals surface area contributed by atoms with E-state index in [2.05, 4.69) is 37.6 Å². The summed E-state index contributed by atoms with van der Waals surface area (Å²) in [6.45, 7) is 6.07. The Hall–Kier alpha value is -3.75. The normalized spacial score (nSPS) is 18.3. The number of nitrogens with one attached hydrogen (secondary N) is 4. The number of anilines is 3. The predicted octanol–water partition coefficient (Wildman–Crippen LogP) is 0.123. The summed E-state index contributed by atoms with van der Waals surface area (Å²) in [5.74, 6) is 5.47. The van der Waals surface area contributed by atoms with E-state index in [4.69, 9.17) is 15.1 Å². The summed E-state index contributed by atoms with van der Waals surface area (Å²) in [6.07, 6.45) is 2.79. The van der Waals surface area contributed by atoms with E-state index in [-0.39, 0.29) is 6.04 Å². The molecular weight excluding hydrogens is 424 g/mol. The maximum atomic E-state index is 12.5. The molecule has 0 unspecified atom stereocenters. The molecule has 11 heteroatoms. The molecule has 4 heterocycles. The van der Waals surface area contributed by atoms with Gasteiger partial charge in [0.25, 0.3) is 5.78 Å². The van der Waals surface area contributed by atoms with Gasteiger partial charge >= 0.3 is 5.91 Å². The van der Waals surface area contributed by atoms with E-state index in [0.29, 0.717) is 74.5 Å². The third-order valence-electron chi connectivity index (χ3n) is 5.51. The summed E-state index contributed by atoms with van der Waals surface area (Å²) in [5, 5.41) is 21.0. The quantitative estimate of drug-likeness (QED) is 0.286. The molecule has 2 aromatic rings. The molecule has 2 saturated heterocycles. The molecule has 2 aromatic heterocycles. The van der Waals surface area contributed by atoms with E-state index in [1.165, 1.54) is 4.90 Å². The standard InChI is InChI=1S/C22H26N8O3/c1-15-14-33-11-10-30(15)20-12-16(2-3-18(31)22(32)29-8-6-24-7-9-29)17(13-23)21(27-20)26-19-4-5-25-28-19/h4-5,12-13,15,23-24H,6-11,14H2,1H3,(H2,25,26,27,28)/t15-/m1/s1. The number of ketones is 1. The number of carbonyl (C=O) groups is 2. The van der Waals surface area contributed by atoms with E-state index < -0.39 is 11.7 Å². The first kappa shape index (κ1) is 22.4. The van der Waals surface area contributed by atoms with E-state index in [1.54, 1.807) is 18.3 Å². The van der Waals surface area contributed by atoms with Crippen molar-refractivity contribution in [2.45, 2.75) is 13.0 Å². The predicted molar refractivity (Wildman–Crippen MR) is 123 cm³/mol. The Morgan fingerprint density at radius 2 is 2.15 bits per heavy atom. The van der Waals surface area contributed by atoms with Gasteiger partial charge in [0.05, 0.1) is 24.8 Å². The largest absolute Gasteiger partial charge is 0.377 e. The summed E-state index contributed by atoms with van der Waals surface area (Å²) in [6, 6.07) is 3.57. The molecule has 4 N–H and O–H groups in total. The molecule has 0 aliphatic carbocycles. The first-order valence-corrected chi connectivity index (χ1v) is 10.8. The number of hydrogen-bond donors (Lipinski definition) is 4. The maximum absolute atomic E-state index is 12.5. The lowest BCUT2D eigenvalue weighted by Gasteiger charge is -2.34. The molecule has 2 aliphatic rings. The number of aromatic nitrogens is 3. The van der Waals surface area contributed by atoms with Crippen LogP contribution in [0.15, 0.2) is 18.3 Å². The van der Waals surface area contributed by atoms with Crippen LogP contribution in [0.1, 0.15) is 18.1 Å². The smallest absolute Gasteiger partial charge is 0.303 e. The first-order chi connectivity index (χ1) is 16.1. The maximum Gasteiger partial charge on any atom is 0.303 e. The lowest BCUT2D eigenvalue weighted by molar-refractivity contribution is -0.142. The summed E-state index contributed by atoms with van der Waals surface area (Å²) in [5.41, 5.74) is 0.825. The van der Waals surface area contributed by atoms with Crippen molar-refractivity contribution in [2.75, 3.05) is 56.2 Å². The van der Waals surface area contributed by atoms with Gasteiger partial charge in [-0.25, -0.2) is 4.98 Å². The average Bonchev–Trinajstić information content (AvgIpc) is 3.35. The van der Waals surface area contributed by atoms with E-state index in [1.807, 2.05) is 6.92 Å². The summed E-state index contributed by atoms with van der Waals surface area (Å²) in [4.78, 5) is 33.2. The monoisotopic (exact) mass is 450 g/mol. The van der Waals surface area contributed by atoms with Crippen LogP contribution < -0.4 is 15.5 Å². The fraction of sp³-hybridized carbons (Fsp3) is 0.409. The van der Waals surface area contributed by atoms with Crippen LogP contribution >= 0.6 is 0 Å². The Kier molecular flexibility index (Phi) is 6.97. The van der Waals surface area contributed by atoms with Crippen molar-refractivity contribution in [2.24, 2.45) is 0 Å². The number of pyridine rings is 1. The SMILES string of the molecule is C[C@@H]1COCCN1c1cc(C#CC(=O)C(=O)N2CCNCC2)c(C=N)c(Nc2cc[nH]n2)n1. The molecule has 172 valence electrons. The van der Waals surface area contributed by atoms with Crippen molar-refractivity contribution in [1.29, 1.82) is 5.41 Å². The van der Waals surface area contributed by atoms with Gasteiger partial charge < -0.3 is 30.6 Å². The molecule has 0 saturated carbocycles. The zero-order valence-electron chi connectivity index (χ0n) is 18.4. The van der Waals surface area contributed by atoms with Gasteiger partial charge in [-0.3, -0.25) is 14.7 Å². The Balaban J connectivity index is 1.69. The minimum absolute atomic E-state index is 0.0899. The summed E-state index contributed by atoms with van der Waals surface area (Å²) in [7, 11) is 0. The molecule has 2 aliphatic heterocycles. The number of piperazine rings is 1. The molecule has 11 nitrogen and oxygen atoms in total. The molecular formula is C22H26N8O3. The number of aromatic amines is 1. The van der Waals surface area contributed by atoms with Gasteiger partial charge in [-0.15, -0.1) is 0 Å². The Morgan fingerprint density at radius 3 is 2.85 bits per heavy atom. The molecule has 2 fully saturated rings. The fourth-order valence-electron chi connectivity index (χ4n) is 3.74. The minimum atomic E-state index is -0.771. The third kappa shape index (κ3) is 5.19. The van der Waals surface area contributed by atoms with Gasteiger partial charge in [-0.05, 0) is 18.9 Å². The highest BCUT2D eigenvalue weighted by molar-refractivity contribution is 6.43. The van der Waals surface area contributed by atoms with Gasteiger partial charge in [0.2, 0.25) is 0 Å². The number of morpholine rings is 1. The molecule has 0 aromatic carbocycles. The third-order valence-corrected chi connectivity index (χ3v) is 5.51. The van der Waals surface area contributed by atoms with Crippen molar-refractivity contribution in [1.82, 2.24) is 25.4 Å². The molecule has 0 bridgehead atoms. The van der Waals surface area contributed by atoms with Crippen molar-refractivity contribution in [3.05, 3.63) is 29.5 Å². The lowest BCUT2D eigenvalue weighted by atomic mass is 10.1. The Bertz CT molecular complexity index is 1080. The van der Waals surface area contributed by atoms with Crippen LogP contribution in [0.5, 0.6) is 0 Å². The number of amides is 1. The number of H-pyrrole nitrogens is 1. The molecule has 33 heavy (non-hydrogen) atoms. The molecule has 0 spiro atoms. The lowest BCUT2D eigenvalue weighted by Crippen LogP contribution is -2.48. The van der Waals surface area contributed by atoms with Crippen molar-refractivity contribution in [3.8, 4) is 11.8 Å². The van der Waals surface area contributed by atoms with Crippen LogP contribution in [0.2, 0.25) is 0 Å². The first-order valence-electron chi connectivity index (χ1n) is 10.8. The molecule has 0 radical (unpaired) electrons. The van der Waals surface area contributed by atoms with Crippen LogP contribution in [-0.2, 0) is 14.3 Å². The zero-order valence-corrected chi connectivity index (χ0v) is 18.4. The zero-order chi connectivity index (χ0) is 23.2. The number of rotatable bonds is 5. The van der Waals surface area contributed by atoms with Gasteiger partial charge in [-0.2, -0.15) is 5.10 Å². The van der Waals surface area contributed by atoms with Crippen molar-refractivity contribution < 1.29 is 14.3 Å². The highest BCUT2D eigenvalue weighted by Crippen LogP contribution is 2.26. The highest BCUT2D eigenvalue weighted by atomic mass is 16.5. The van der Waals surface area contributed by atoms with Crippen LogP contribution in [0.3, 0.4) is 0 Å². The van der Waals surface area contributed by atoms with Crippen LogP contribution in [0.25, 0.3) is 0 Å². The van der Waals surface area contributed by atoms with Crippen LogP contribution in [0.4, 0.5) is 17.5 Å². The Labute approximate surface area is 191 Å². The Morgan fingerprint density at radius 1 is 1.33 bits per heavy atom. The summed E-state index contributed by atoms with van der Waals surface area (Å²) < 4.78 is 5.53. The fourth-order valence-corrected chi connectivity index (χ4v) is 3.74. The molecule has 1 atom stereocenters. The number of carbonyl (C=O) groups excluding carboxylic acids is 2. The van der Waals surface area contributed by atoms with Gasteiger partial charge in [-0.1, -0.05) is 5.92 Å². The number of hydrogen-bond acceptors (Lipinski definition) is 9. The van der Waals surface area contributed by atoms with Crippen LogP contribution in [0, 0.1) is 17.3 Å². The van der Waals surface area contributed by atoms with E-state index in [9.17, 15) is 9.59 Å². The second kappa shape index (κ2) is 10.2. The van der Waals surface area contributed by atoms with E-state index in [0.717, 1.165) is 6.21 Å². The minimum Gasteiger partial charge on any atom is -0.377 e. The van der Waals surface area contributed by atoms with Gasteiger partial charge in [0, 0.05) is 56.8 Å². The van der Waals surface area contributed by atoms with Crippen molar-refractivity contribution in [3.63, 3.8) is 0 Å². The van der Waals surface area contributed by atoms with Gasteiger partial charge in [0.1, 0.15) is 11.6 Å². The van der Waals surface area contributed by atoms with E-state index >= 15 is 0 Å². The molecule has 1 amide bonds. The van der Waals surface area contributed by atoms with Crippen molar-refractivity contribution >= 4 is 35.4 Å². The van der Waals surface area contributed by atoms with Gasteiger partial charge in [0.15, 0.2) is 5.82 Å². The topological polar surface area (TPSA) is 139 Å².